The van der Waals surface area contributed by atoms with E-state index in [9.17, 15) is 18.0 Å². The van der Waals surface area contributed by atoms with E-state index in [0.29, 0.717) is 29.5 Å². The highest BCUT2D eigenvalue weighted by Crippen LogP contribution is 2.29. The van der Waals surface area contributed by atoms with Gasteiger partial charge in [-0.1, -0.05) is 17.7 Å². The summed E-state index contributed by atoms with van der Waals surface area (Å²) in [4.78, 5) is 28.9. The number of benzene rings is 1. The molecule has 0 saturated carbocycles. The van der Waals surface area contributed by atoms with Crippen LogP contribution in [0.15, 0.2) is 35.3 Å². The van der Waals surface area contributed by atoms with E-state index in [-0.39, 0.29) is 38.5 Å². The van der Waals surface area contributed by atoms with Crippen LogP contribution >= 0.6 is 11.6 Å². The first-order valence-electron chi connectivity index (χ1n) is 11.8. The fourth-order valence-corrected chi connectivity index (χ4v) is 5.53. The number of piperazine rings is 1. The van der Waals surface area contributed by atoms with Gasteiger partial charge in [0.2, 0.25) is 15.8 Å². The molecule has 36 heavy (non-hydrogen) atoms. The second-order valence-electron chi connectivity index (χ2n) is 8.88. The van der Waals surface area contributed by atoms with Crippen molar-refractivity contribution in [2.75, 3.05) is 50.8 Å². The Hall–Kier alpha value is -2.83. The van der Waals surface area contributed by atoms with Crippen molar-refractivity contribution in [3.63, 3.8) is 0 Å². The molecule has 4 rings (SSSR count). The highest BCUT2D eigenvalue weighted by atomic mass is 35.5. The zero-order valence-electron chi connectivity index (χ0n) is 20.5. The first-order chi connectivity index (χ1) is 17.1. The van der Waals surface area contributed by atoms with Crippen molar-refractivity contribution in [2.24, 2.45) is 0 Å². The number of carbonyl (C=O) groups excluding carboxylic acids is 1. The van der Waals surface area contributed by atoms with Crippen molar-refractivity contribution in [2.45, 2.75) is 32.1 Å². The van der Waals surface area contributed by atoms with Crippen LogP contribution in [0.3, 0.4) is 0 Å². The Labute approximate surface area is 215 Å². The lowest BCUT2D eigenvalue weighted by Gasteiger charge is -2.39. The summed E-state index contributed by atoms with van der Waals surface area (Å²) in [6.07, 6.45) is 0.733. The monoisotopic (exact) mass is 539 g/mol. The fourth-order valence-electron chi connectivity index (χ4n) is 4.08. The molecule has 11 nitrogen and oxygen atoms in total. The van der Waals surface area contributed by atoms with E-state index < -0.39 is 33.0 Å². The smallest absolute Gasteiger partial charge is 0.410 e. The van der Waals surface area contributed by atoms with Crippen LogP contribution in [0.5, 0.6) is 5.75 Å². The van der Waals surface area contributed by atoms with E-state index in [1.807, 2.05) is 4.90 Å². The lowest BCUT2D eigenvalue weighted by atomic mass is 10.2. The topological polar surface area (TPSA) is 114 Å². The Morgan fingerprint density at radius 3 is 2.50 bits per heavy atom. The predicted octanol–water partition coefficient (Wildman–Crippen LogP) is 1.97. The van der Waals surface area contributed by atoms with Gasteiger partial charge in [0.25, 0.3) is 0 Å². The predicted molar refractivity (Wildman–Crippen MR) is 136 cm³/mol. The van der Waals surface area contributed by atoms with Crippen LogP contribution in [-0.2, 0) is 14.8 Å². The van der Waals surface area contributed by atoms with E-state index in [2.05, 4.69) is 5.10 Å². The summed E-state index contributed by atoms with van der Waals surface area (Å²) in [6, 6.07) is 6.76. The minimum absolute atomic E-state index is 0.0960. The number of nitrogens with zero attached hydrogens (tertiary/aromatic N) is 5. The standard InChI is InChI=1S/C23H30ClN5O6S/c1-4-34-23(31)27-14-19(15-27)35-21-20(26-8-10-28(11-9-26)36(32,33)16(2)3)13-25-29(22(21)30)18-7-5-6-17(24)12-18/h5-7,12-13,16,19H,4,8-11,14-15H2,1-3H3. The summed E-state index contributed by atoms with van der Waals surface area (Å²) >= 11 is 6.11. The molecule has 1 amide bonds. The van der Waals surface area contributed by atoms with E-state index >= 15 is 0 Å². The Morgan fingerprint density at radius 2 is 1.89 bits per heavy atom. The molecule has 0 bridgehead atoms. The third kappa shape index (κ3) is 5.30. The lowest BCUT2D eigenvalue weighted by Crippen LogP contribution is -2.57. The van der Waals surface area contributed by atoms with Gasteiger partial charge in [0.15, 0.2) is 0 Å². The second kappa shape index (κ2) is 10.7. The van der Waals surface area contributed by atoms with Gasteiger partial charge in [0.05, 0.1) is 36.8 Å². The summed E-state index contributed by atoms with van der Waals surface area (Å²) in [5, 5.41) is 4.30. The molecule has 2 saturated heterocycles. The highest BCUT2D eigenvalue weighted by Gasteiger charge is 2.36. The van der Waals surface area contributed by atoms with Gasteiger partial charge in [-0.2, -0.15) is 14.1 Å². The van der Waals surface area contributed by atoms with E-state index in [1.165, 1.54) is 13.9 Å². The van der Waals surface area contributed by atoms with Gasteiger partial charge in [-0.3, -0.25) is 4.79 Å². The molecule has 0 N–H and O–H groups in total. The molecule has 1 aromatic carbocycles. The molecule has 3 heterocycles. The summed E-state index contributed by atoms with van der Waals surface area (Å²) in [6.45, 7) is 7.24. The van der Waals surface area contributed by atoms with Crippen molar-refractivity contribution in [1.29, 1.82) is 0 Å². The van der Waals surface area contributed by atoms with E-state index in [0.717, 1.165) is 0 Å². The normalized spacial score (nSPS) is 17.2. The minimum Gasteiger partial charge on any atom is -0.479 e. The molecule has 1 aromatic heterocycles. The molecule has 0 atom stereocenters. The number of halogens is 1. The van der Waals surface area contributed by atoms with Gasteiger partial charge in [-0.15, -0.1) is 0 Å². The number of hydrogen-bond donors (Lipinski definition) is 0. The molecule has 2 aliphatic rings. The molecule has 0 unspecified atom stereocenters. The molecule has 196 valence electrons. The van der Waals surface area contributed by atoms with Crippen molar-refractivity contribution in [3.8, 4) is 11.4 Å². The quantitative estimate of drug-likeness (QED) is 0.524. The Bertz CT molecular complexity index is 1270. The number of hydrogen-bond acceptors (Lipinski definition) is 8. The van der Waals surface area contributed by atoms with Gasteiger partial charge in [-0.25, -0.2) is 13.2 Å². The summed E-state index contributed by atoms with van der Waals surface area (Å²) in [7, 11) is -3.37. The van der Waals surface area contributed by atoms with Crippen LogP contribution in [0.25, 0.3) is 5.69 Å². The molecule has 0 aliphatic carbocycles. The SMILES string of the molecule is CCOC(=O)N1CC(Oc2c(N3CCN(S(=O)(=O)C(C)C)CC3)cnn(-c3cccc(Cl)c3)c2=O)C1. The average molecular weight is 540 g/mol. The van der Waals surface area contributed by atoms with Crippen LogP contribution in [0, 0.1) is 0 Å². The van der Waals surface area contributed by atoms with Gasteiger partial charge >= 0.3 is 11.7 Å². The van der Waals surface area contributed by atoms with Crippen LogP contribution in [0.4, 0.5) is 10.5 Å². The van der Waals surface area contributed by atoms with Gasteiger partial charge in [-0.05, 0) is 39.0 Å². The van der Waals surface area contributed by atoms with Crippen LogP contribution in [0.2, 0.25) is 5.02 Å². The lowest BCUT2D eigenvalue weighted by molar-refractivity contribution is 0.0121. The Balaban J connectivity index is 1.60. The number of amides is 1. The average Bonchev–Trinajstić information content (AvgIpc) is 2.81. The minimum atomic E-state index is -3.37. The van der Waals surface area contributed by atoms with Crippen LogP contribution in [-0.4, -0.2) is 90.7 Å². The highest BCUT2D eigenvalue weighted by molar-refractivity contribution is 7.89. The number of aromatic nitrogens is 2. The molecular formula is C23H30ClN5O6S. The molecular weight excluding hydrogens is 510 g/mol. The summed E-state index contributed by atoms with van der Waals surface area (Å²) in [5.41, 5.74) is 0.495. The molecule has 0 radical (unpaired) electrons. The molecule has 2 aliphatic heterocycles. The number of ether oxygens (including phenoxy) is 2. The van der Waals surface area contributed by atoms with E-state index in [1.54, 1.807) is 51.2 Å². The first kappa shape index (κ1) is 26.2. The van der Waals surface area contributed by atoms with Gasteiger partial charge in [0.1, 0.15) is 11.8 Å². The zero-order valence-corrected chi connectivity index (χ0v) is 22.0. The van der Waals surface area contributed by atoms with Crippen molar-refractivity contribution >= 4 is 33.4 Å². The van der Waals surface area contributed by atoms with Crippen LogP contribution < -0.4 is 15.2 Å². The summed E-state index contributed by atoms with van der Waals surface area (Å²) < 4.78 is 38.9. The number of likely N-dealkylation sites (tertiary alicyclic amines) is 1. The third-order valence-corrected chi connectivity index (χ3v) is 8.67. The fraction of sp³-hybridized carbons (Fsp3) is 0.522. The molecule has 13 heteroatoms. The Kier molecular flexibility index (Phi) is 7.76. The third-order valence-electron chi connectivity index (χ3n) is 6.16. The first-order valence-corrected chi connectivity index (χ1v) is 13.7. The van der Waals surface area contributed by atoms with Crippen LogP contribution in [0.1, 0.15) is 20.8 Å². The number of sulfonamides is 1. The largest absolute Gasteiger partial charge is 0.479 e. The summed E-state index contributed by atoms with van der Waals surface area (Å²) in [5.74, 6) is 0.0960. The maximum atomic E-state index is 13.5. The van der Waals surface area contributed by atoms with Gasteiger partial charge < -0.3 is 19.3 Å². The zero-order chi connectivity index (χ0) is 26.0. The van der Waals surface area contributed by atoms with Gasteiger partial charge in [0, 0.05) is 31.2 Å². The van der Waals surface area contributed by atoms with Crippen molar-refractivity contribution < 1.29 is 22.7 Å². The molecule has 2 aromatic rings. The van der Waals surface area contributed by atoms with Crippen molar-refractivity contribution in [3.05, 3.63) is 45.8 Å². The number of rotatable bonds is 7. The molecule has 2 fully saturated rings. The Morgan fingerprint density at radius 1 is 1.19 bits per heavy atom. The van der Waals surface area contributed by atoms with Crippen molar-refractivity contribution in [1.82, 2.24) is 19.0 Å². The number of carbonyl (C=O) groups is 1. The number of anilines is 1. The maximum Gasteiger partial charge on any atom is 0.410 e. The van der Waals surface area contributed by atoms with E-state index in [4.69, 9.17) is 21.1 Å². The maximum absolute atomic E-state index is 13.5. The second-order valence-corrected chi connectivity index (χ2v) is 11.8. The molecule has 0 spiro atoms.